The van der Waals surface area contributed by atoms with Crippen molar-refractivity contribution in [1.29, 1.82) is 0 Å². The van der Waals surface area contributed by atoms with Crippen molar-refractivity contribution in [3.8, 4) is 0 Å². The fourth-order valence-corrected chi connectivity index (χ4v) is 2.22. The molecule has 14 heavy (non-hydrogen) atoms. The minimum absolute atomic E-state index is 0.0618. The van der Waals surface area contributed by atoms with Crippen molar-refractivity contribution in [3.05, 3.63) is 27.1 Å². The molecule has 0 amide bonds. The van der Waals surface area contributed by atoms with Crippen LogP contribution in [0.1, 0.15) is 25.1 Å². The second kappa shape index (κ2) is 4.06. The van der Waals surface area contributed by atoms with E-state index in [-0.39, 0.29) is 15.3 Å². The van der Waals surface area contributed by atoms with Gasteiger partial charge in [-0.05, 0) is 19.0 Å². The van der Waals surface area contributed by atoms with E-state index in [1.165, 1.54) is 11.3 Å². The molecule has 4 nitrogen and oxygen atoms in total. The zero-order valence-electron chi connectivity index (χ0n) is 8.32. The predicted molar refractivity (Wildman–Crippen MR) is 57.7 cm³/mol. The Bertz CT molecular complexity index is 333. The monoisotopic (exact) mass is 214 g/mol. The summed E-state index contributed by atoms with van der Waals surface area (Å²) < 4.78 is 0. The molecule has 0 bridgehead atoms. The van der Waals surface area contributed by atoms with Crippen molar-refractivity contribution in [3.63, 3.8) is 0 Å². The Hall–Kier alpha value is -0.940. The fourth-order valence-electron chi connectivity index (χ4n) is 1.27. The first-order valence-electron chi connectivity index (χ1n) is 4.42. The quantitative estimate of drug-likeness (QED) is 0.617. The minimum atomic E-state index is -0.354. The number of hydrogen-bond donors (Lipinski definition) is 1. The van der Waals surface area contributed by atoms with E-state index in [0.717, 1.165) is 11.3 Å². The predicted octanol–water partition coefficient (Wildman–Crippen LogP) is 2.28. The maximum absolute atomic E-state index is 10.5. The molecule has 0 fully saturated rings. The van der Waals surface area contributed by atoms with E-state index >= 15 is 0 Å². The van der Waals surface area contributed by atoms with E-state index in [9.17, 15) is 10.1 Å². The molecule has 1 heterocycles. The molecule has 0 atom stereocenters. The molecule has 0 spiro atoms. The van der Waals surface area contributed by atoms with E-state index in [1.54, 1.807) is 6.07 Å². The highest BCUT2D eigenvalue weighted by Crippen LogP contribution is 2.35. The Labute approximate surface area is 86.9 Å². The van der Waals surface area contributed by atoms with E-state index in [1.807, 2.05) is 6.07 Å². The summed E-state index contributed by atoms with van der Waals surface area (Å²) in [7, 11) is 0. The Kier molecular flexibility index (Phi) is 3.23. The summed E-state index contributed by atoms with van der Waals surface area (Å²) in [6.07, 6.45) is 0.838. The molecule has 0 saturated carbocycles. The van der Waals surface area contributed by atoms with Crippen molar-refractivity contribution in [2.24, 2.45) is 5.73 Å². The Morgan fingerprint density at radius 2 is 2.21 bits per heavy atom. The molecule has 2 N–H and O–H groups in total. The maximum atomic E-state index is 10.5. The third-order valence-corrected chi connectivity index (χ3v) is 3.61. The molecule has 78 valence electrons. The van der Waals surface area contributed by atoms with Crippen molar-refractivity contribution >= 4 is 16.3 Å². The Balaban J connectivity index is 2.90. The first kappa shape index (κ1) is 11.1. The molecular formula is C9H14N2O2S. The molecule has 0 unspecified atom stereocenters. The highest BCUT2D eigenvalue weighted by Gasteiger charge is 2.24. The van der Waals surface area contributed by atoms with Crippen LogP contribution in [-0.4, -0.2) is 11.5 Å². The van der Waals surface area contributed by atoms with Crippen LogP contribution in [0.5, 0.6) is 0 Å². The third kappa shape index (κ3) is 2.30. The van der Waals surface area contributed by atoms with Crippen molar-refractivity contribution in [2.75, 3.05) is 6.54 Å². The maximum Gasteiger partial charge on any atom is 0.324 e. The summed E-state index contributed by atoms with van der Waals surface area (Å²) >= 11 is 1.23. The van der Waals surface area contributed by atoms with Crippen LogP contribution >= 0.6 is 11.3 Å². The lowest BCUT2D eigenvalue weighted by molar-refractivity contribution is -0.380. The normalized spacial score (nSPS) is 11.6. The van der Waals surface area contributed by atoms with E-state index in [4.69, 9.17) is 5.73 Å². The molecule has 5 heteroatoms. The molecule has 1 rings (SSSR count). The van der Waals surface area contributed by atoms with Crippen LogP contribution in [0.25, 0.3) is 0 Å². The summed E-state index contributed by atoms with van der Waals surface area (Å²) in [6, 6.07) is 3.37. The molecule has 0 saturated heterocycles. The van der Waals surface area contributed by atoms with Gasteiger partial charge in [-0.1, -0.05) is 25.2 Å². The highest BCUT2D eigenvalue weighted by molar-refractivity contribution is 7.15. The lowest BCUT2D eigenvalue weighted by atomic mass is 9.88. The van der Waals surface area contributed by atoms with E-state index in [2.05, 4.69) is 13.8 Å². The van der Waals surface area contributed by atoms with Gasteiger partial charge in [-0.3, -0.25) is 10.1 Å². The van der Waals surface area contributed by atoms with Gasteiger partial charge in [0, 0.05) is 16.4 Å². The number of rotatable bonds is 4. The third-order valence-electron chi connectivity index (χ3n) is 2.21. The van der Waals surface area contributed by atoms with Gasteiger partial charge in [0.25, 0.3) is 0 Å². The molecule has 0 aliphatic rings. The Morgan fingerprint density at radius 1 is 1.57 bits per heavy atom. The average molecular weight is 214 g/mol. The zero-order valence-corrected chi connectivity index (χ0v) is 9.13. The largest absolute Gasteiger partial charge is 0.330 e. The van der Waals surface area contributed by atoms with Gasteiger partial charge in [0.2, 0.25) is 0 Å². The van der Waals surface area contributed by atoms with Crippen molar-refractivity contribution in [2.45, 2.75) is 25.7 Å². The lowest BCUT2D eigenvalue weighted by Crippen LogP contribution is -2.20. The van der Waals surface area contributed by atoms with Gasteiger partial charge < -0.3 is 5.73 Å². The summed E-state index contributed by atoms with van der Waals surface area (Å²) in [5.74, 6) is 0. The standard InChI is InChI=1S/C9H14N2O2S/c1-9(2,5-6-10)7-3-4-8(14-7)11(12)13/h3-4H,5-6,10H2,1-2H3. The van der Waals surface area contributed by atoms with Crippen LogP contribution in [0.15, 0.2) is 12.1 Å². The summed E-state index contributed by atoms with van der Waals surface area (Å²) in [5.41, 5.74) is 5.43. The van der Waals surface area contributed by atoms with Crippen LogP contribution in [0.3, 0.4) is 0 Å². The van der Waals surface area contributed by atoms with Gasteiger partial charge in [-0.15, -0.1) is 0 Å². The van der Waals surface area contributed by atoms with E-state index in [0.29, 0.717) is 6.54 Å². The van der Waals surface area contributed by atoms with Gasteiger partial charge in [-0.25, -0.2) is 0 Å². The van der Waals surface area contributed by atoms with E-state index < -0.39 is 0 Å². The summed E-state index contributed by atoms with van der Waals surface area (Å²) in [4.78, 5) is 11.2. The number of nitrogens with two attached hydrogens (primary N) is 1. The van der Waals surface area contributed by atoms with Gasteiger partial charge in [0.1, 0.15) is 0 Å². The van der Waals surface area contributed by atoms with Gasteiger partial charge >= 0.3 is 5.00 Å². The van der Waals surface area contributed by atoms with Crippen LogP contribution in [0, 0.1) is 10.1 Å². The van der Waals surface area contributed by atoms with Crippen molar-refractivity contribution < 1.29 is 4.92 Å². The lowest BCUT2D eigenvalue weighted by Gasteiger charge is -2.21. The average Bonchev–Trinajstić information content (AvgIpc) is 2.51. The van der Waals surface area contributed by atoms with Crippen molar-refractivity contribution in [1.82, 2.24) is 0 Å². The smallest absolute Gasteiger partial charge is 0.324 e. The van der Waals surface area contributed by atoms with Gasteiger partial charge in [0.05, 0.1) is 4.92 Å². The molecule has 0 aliphatic heterocycles. The summed E-state index contributed by atoms with van der Waals surface area (Å²) in [5, 5.41) is 10.7. The number of nitrogens with zero attached hydrogens (tertiary/aromatic N) is 1. The fraction of sp³-hybridized carbons (Fsp3) is 0.556. The highest BCUT2D eigenvalue weighted by atomic mass is 32.1. The Morgan fingerprint density at radius 3 is 2.64 bits per heavy atom. The summed E-state index contributed by atoms with van der Waals surface area (Å²) in [6.45, 7) is 4.70. The molecule has 0 aliphatic carbocycles. The van der Waals surface area contributed by atoms with Gasteiger partial charge in [0.15, 0.2) is 0 Å². The molecule has 1 aromatic rings. The zero-order chi connectivity index (χ0) is 10.8. The molecule has 0 aromatic carbocycles. The minimum Gasteiger partial charge on any atom is -0.330 e. The second-order valence-electron chi connectivity index (χ2n) is 3.82. The number of nitro groups is 1. The molecule has 0 radical (unpaired) electrons. The van der Waals surface area contributed by atoms with Crippen LogP contribution in [-0.2, 0) is 5.41 Å². The first-order valence-corrected chi connectivity index (χ1v) is 5.24. The molecular weight excluding hydrogens is 200 g/mol. The van der Waals surface area contributed by atoms with Crippen LogP contribution in [0.2, 0.25) is 0 Å². The number of thiophene rings is 1. The SMILES string of the molecule is CC(C)(CCN)c1ccc([N+](=O)[O-])s1. The van der Waals surface area contributed by atoms with Crippen LogP contribution in [0.4, 0.5) is 5.00 Å². The second-order valence-corrected chi connectivity index (χ2v) is 4.88. The van der Waals surface area contributed by atoms with Gasteiger partial charge in [-0.2, -0.15) is 0 Å². The topological polar surface area (TPSA) is 69.2 Å². The first-order chi connectivity index (χ1) is 6.47. The van der Waals surface area contributed by atoms with Crippen LogP contribution < -0.4 is 5.73 Å². The molecule has 1 aromatic heterocycles. The number of hydrogen-bond acceptors (Lipinski definition) is 4.